The molecule has 1 aliphatic carbocycles. The SMILES string of the molecule is COCCNS(=O)(=O)c1cc(-c2cc(NC(C)=O)nn2C)cc2c1C(=O)N([C@@H](C)C1CC1)C2. The van der Waals surface area contributed by atoms with E-state index in [0.717, 1.165) is 12.8 Å². The van der Waals surface area contributed by atoms with Crippen LogP contribution in [0.3, 0.4) is 0 Å². The summed E-state index contributed by atoms with van der Waals surface area (Å²) in [6.07, 6.45) is 2.16. The van der Waals surface area contributed by atoms with Crippen LogP contribution in [0, 0.1) is 5.92 Å². The number of fused-ring (bicyclic) bond motifs is 1. The maximum absolute atomic E-state index is 13.4. The zero-order valence-electron chi connectivity index (χ0n) is 19.2. The molecule has 0 unspecified atom stereocenters. The number of benzene rings is 1. The standard InChI is InChI=1S/C22H29N5O5S/c1-13(15-5-6-15)27-12-17-9-16(18-11-20(24-14(2)28)25-26(18)3)10-19(21(17)22(27)29)33(30,31)23-7-8-32-4/h9-11,13,15,23H,5-8,12H2,1-4H3,(H,24,25,28)/t13-/m0/s1. The van der Waals surface area contributed by atoms with E-state index in [9.17, 15) is 18.0 Å². The van der Waals surface area contributed by atoms with Gasteiger partial charge in [0.15, 0.2) is 5.82 Å². The summed E-state index contributed by atoms with van der Waals surface area (Å²) in [5.41, 5.74) is 2.11. The Kier molecular flexibility index (Phi) is 6.30. The largest absolute Gasteiger partial charge is 0.383 e. The second-order valence-electron chi connectivity index (χ2n) is 8.63. The lowest BCUT2D eigenvalue weighted by molar-refractivity contribution is -0.114. The van der Waals surface area contributed by atoms with Gasteiger partial charge in [0.25, 0.3) is 5.91 Å². The Balaban J connectivity index is 1.80. The van der Waals surface area contributed by atoms with Gasteiger partial charge in [-0.2, -0.15) is 5.10 Å². The number of aryl methyl sites for hydroxylation is 1. The Morgan fingerprint density at radius 2 is 2.03 bits per heavy atom. The van der Waals surface area contributed by atoms with Gasteiger partial charge in [-0.05, 0) is 43.4 Å². The molecule has 33 heavy (non-hydrogen) atoms. The molecule has 2 aliphatic rings. The Bertz CT molecular complexity index is 1200. The molecule has 2 heterocycles. The highest BCUT2D eigenvalue weighted by Gasteiger charge is 2.41. The van der Waals surface area contributed by atoms with E-state index in [1.54, 1.807) is 22.7 Å². The molecule has 1 atom stereocenters. The van der Waals surface area contributed by atoms with E-state index in [1.807, 2.05) is 13.0 Å². The van der Waals surface area contributed by atoms with Gasteiger partial charge in [0.1, 0.15) is 0 Å². The van der Waals surface area contributed by atoms with Gasteiger partial charge in [0.2, 0.25) is 15.9 Å². The summed E-state index contributed by atoms with van der Waals surface area (Å²) < 4.78 is 35.5. The average molecular weight is 476 g/mol. The van der Waals surface area contributed by atoms with Gasteiger partial charge in [-0.3, -0.25) is 14.3 Å². The van der Waals surface area contributed by atoms with Gasteiger partial charge in [-0.25, -0.2) is 13.1 Å². The smallest absolute Gasteiger partial charge is 0.256 e. The number of aromatic nitrogens is 2. The van der Waals surface area contributed by atoms with Crippen LogP contribution in [-0.4, -0.2) is 61.2 Å². The Morgan fingerprint density at radius 1 is 1.30 bits per heavy atom. The zero-order chi connectivity index (χ0) is 23.9. The first-order valence-electron chi connectivity index (χ1n) is 10.9. The number of carbonyl (C=O) groups excluding carboxylic acids is 2. The van der Waals surface area contributed by atoms with Gasteiger partial charge < -0.3 is 15.0 Å². The first kappa shape index (κ1) is 23.4. The molecule has 0 radical (unpaired) electrons. The van der Waals surface area contributed by atoms with E-state index < -0.39 is 10.0 Å². The number of nitrogens with one attached hydrogen (secondary N) is 2. The molecule has 10 nitrogen and oxygen atoms in total. The second-order valence-corrected chi connectivity index (χ2v) is 10.4. The van der Waals surface area contributed by atoms with Crippen LogP contribution in [0.25, 0.3) is 11.3 Å². The van der Waals surface area contributed by atoms with Crippen LogP contribution >= 0.6 is 0 Å². The van der Waals surface area contributed by atoms with Crippen LogP contribution in [0.15, 0.2) is 23.1 Å². The minimum absolute atomic E-state index is 0.0495. The van der Waals surface area contributed by atoms with Gasteiger partial charge in [-0.1, -0.05) is 0 Å². The summed E-state index contributed by atoms with van der Waals surface area (Å²) in [6.45, 7) is 4.07. The Morgan fingerprint density at radius 3 is 2.67 bits per heavy atom. The minimum atomic E-state index is -3.98. The maximum Gasteiger partial charge on any atom is 0.256 e. The summed E-state index contributed by atoms with van der Waals surface area (Å²) in [4.78, 5) is 26.5. The first-order valence-corrected chi connectivity index (χ1v) is 12.4. The highest BCUT2D eigenvalue weighted by Crippen LogP contribution is 2.40. The van der Waals surface area contributed by atoms with Crippen LogP contribution < -0.4 is 10.0 Å². The number of amides is 2. The molecule has 0 saturated heterocycles. The van der Waals surface area contributed by atoms with Crippen molar-refractivity contribution in [2.24, 2.45) is 13.0 Å². The molecule has 1 aromatic heterocycles. The number of carbonyl (C=O) groups is 2. The monoisotopic (exact) mass is 475 g/mol. The summed E-state index contributed by atoms with van der Waals surface area (Å²) in [5, 5.41) is 6.93. The van der Waals surface area contributed by atoms with Gasteiger partial charge in [0, 0.05) is 51.8 Å². The molecule has 2 N–H and O–H groups in total. The fourth-order valence-corrected chi connectivity index (χ4v) is 5.57. The molecule has 0 spiro atoms. The number of rotatable bonds is 9. The number of anilines is 1. The van der Waals surface area contributed by atoms with Crippen molar-refractivity contribution in [1.82, 2.24) is 19.4 Å². The van der Waals surface area contributed by atoms with E-state index in [0.29, 0.717) is 35.1 Å². The van der Waals surface area contributed by atoms with Crippen molar-refractivity contribution < 1.29 is 22.7 Å². The number of hydrogen-bond donors (Lipinski definition) is 2. The van der Waals surface area contributed by atoms with Crippen molar-refractivity contribution >= 4 is 27.7 Å². The fraction of sp³-hybridized carbons (Fsp3) is 0.500. The molecule has 178 valence electrons. The highest BCUT2D eigenvalue weighted by atomic mass is 32.2. The van der Waals surface area contributed by atoms with Gasteiger partial charge >= 0.3 is 0 Å². The predicted octanol–water partition coefficient (Wildman–Crippen LogP) is 1.72. The third-order valence-corrected chi connectivity index (χ3v) is 7.65. The number of nitrogens with zero attached hydrogens (tertiary/aromatic N) is 3. The molecule has 2 amide bonds. The van der Waals surface area contributed by atoms with E-state index in [2.05, 4.69) is 15.1 Å². The Labute approximate surface area is 193 Å². The zero-order valence-corrected chi connectivity index (χ0v) is 20.0. The van der Waals surface area contributed by atoms with Gasteiger partial charge in [0.05, 0.1) is 22.8 Å². The summed E-state index contributed by atoms with van der Waals surface area (Å²) >= 11 is 0. The van der Waals surface area contributed by atoms with Crippen LogP contribution in [0.5, 0.6) is 0 Å². The molecular formula is C22H29N5O5S. The van der Waals surface area contributed by atoms with E-state index >= 15 is 0 Å². The normalized spacial score (nSPS) is 16.7. The first-order chi connectivity index (χ1) is 15.6. The van der Waals surface area contributed by atoms with Crippen LogP contribution in [0.4, 0.5) is 5.82 Å². The molecule has 1 aromatic carbocycles. The average Bonchev–Trinajstić information content (AvgIpc) is 3.46. The summed E-state index contributed by atoms with van der Waals surface area (Å²) in [5.74, 6) is 0.310. The highest BCUT2D eigenvalue weighted by molar-refractivity contribution is 7.89. The topological polar surface area (TPSA) is 123 Å². The van der Waals surface area contributed by atoms with Crippen LogP contribution in [-0.2, 0) is 33.1 Å². The number of methoxy groups -OCH3 is 1. The fourth-order valence-electron chi connectivity index (χ4n) is 4.30. The van der Waals surface area contributed by atoms with Crippen molar-refractivity contribution in [2.45, 2.75) is 44.2 Å². The number of sulfonamides is 1. The van der Waals surface area contributed by atoms with E-state index in [-0.39, 0.29) is 41.5 Å². The molecular weight excluding hydrogens is 446 g/mol. The van der Waals surface area contributed by atoms with Gasteiger partial charge in [-0.15, -0.1) is 0 Å². The number of ether oxygens (including phenoxy) is 1. The lowest BCUT2D eigenvalue weighted by Crippen LogP contribution is -2.35. The third kappa shape index (κ3) is 4.66. The van der Waals surface area contributed by atoms with Crippen molar-refractivity contribution in [1.29, 1.82) is 0 Å². The van der Waals surface area contributed by atoms with Crippen LogP contribution in [0.2, 0.25) is 0 Å². The third-order valence-electron chi connectivity index (χ3n) is 6.16. The second kappa shape index (κ2) is 8.88. The lowest BCUT2D eigenvalue weighted by atomic mass is 10.0. The molecule has 1 saturated carbocycles. The molecule has 1 fully saturated rings. The molecule has 2 aromatic rings. The quantitative estimate of drug-likeness (QED) is 0.533. The van der Waals surface area contributed by atoms with E-state index in [4.69, 9.17) is 4.74 Å². The number of hydrogen-bond acceptors (Lipinski definition) is 6. The maximum atomic E-state index is 13.4. The summed E-state index contributed by atoms with van der Waals surface area (Å²) in [7, 11) is -0.775. The molecule has 4 rings (SSSR count). The molecule has 11 heteroatoms. The molecule has 0 bridgehead atoms. The van der Waals surface area contributed by atoms with Crippen LogP contribution in [0.1, 0.15) is 42.6 Å². The predicted molar refractivity (Wildman–Crippen MR) is 122 cm³/mol. The van der Waals surface area contributed by atoms with E-state index in [1.165, 1.54) is 20.1 Å². The summed E-state index contributed by atoms with van der Waals surface area (Å²) in [6, 6.07) is 5.08. The molecule has 1 aliphatic heterocycles. The van der Waals surface area contributed by atoms with Crippen molar-refractivity contribution in [3.63, 3.8) is 0 Å². The van der Waals surface area contributed by atoms with Crippen molar-refractivity contribution in [2.75, 3.05) is 25.6 Å². The van der Waals surface area contributed by atoms with Crippen molar-refractivity contribution in [3.8, 4) is 11.3 Å². The Hall–Kier alpha value is -2.76. The lowest BCUT2D eigenvalue weighted by Gasteiger charge is -2.24. The minimum Gasteiger partial charge on any atom is -0.383 e. The van der Waals surface area contributed by atoms with Crippen molar-refractivity contribution in [3.05, 3.63) is 29.3 Å².